The number of halogens is 2. The quantitative estimate of drug-likeness (QED) is 0.723. The van der Waals surface area contributed by atoms with Gasteiger partial charge in [-0.2, -0.15) is 5.10 Å². The van der Waals surface area contributed by atoms with Gasteiger partial charge in [-0.3, -0.25) is 4.68 Å². The van der Waals surface area contributed by atoms with E-state index in [0.29, 0.717) is 16.6 Å². The van der Waals surface area contributed by atoms with E-state index < -0.39 is 0 Å². The van der Waals surface area contributed by atoms with Crippen molar-refractivity contribution in [2.24, 2.45) is 0 Å². The summed E-state index contributed by atoms with van der Waals surface area (Å²) in [6.07, 6.45) is 3.72. The molecule has 3 aromatic rings. The summed E-state index contributed by atoms with van der Waals surface area (Å²) in [5, 5.41) is 5.63. The maximum atomic E-state index is 6.18. The molecule has 0 amide bonds. The minimum atomic E-state index is 0.519. The van der Waals surface area contributed by atoms with Gasteiger partial charge in [0.25, 0.3) is 0 Å². The first-order valence-corrected chi connectivity index (χ1v) is 7.21. The Bertz CT molecular complexity index is 760. The molecule has 0 aliphatic carbocycles. The fraction of sp³-hybridized carbons (Fsp3) is 0.0625. The predicted octanol–water partition coefficient (Wildman–Crippen LogP) is 4.49. The normalized spacial score (nSPS) is 10.8. The Kier molecular flexibility index (Phi) is 3.86. The molecular formula is C16H13Cl2N3. The highest BCUT2D eigenvalue weighted by Gasteiger charge is 2.09. The summed E-state index contributed by atoms with van der Waals surface area (Å²) < 4.78 is 1.80. The van der Waals surface area contributed by atoms with Crippen LogP contribution in [0.4, 0.5) is 5.69 Å². The van der Waals surface area contributed by atoms with Crippen LogP contribution >= 0.6 is 23.2 Å². The molecule has 0 atom stereocenters. The maximum absolute atomic E-state index is 6.18. The second kappa shape index (κ2) is 5.80. The van der Waals surface area contributed by atoms with Crippen molar-refractivity contribution in [1.29, 1.82) is 0 Å². The van der Waals surface area contributed by atoms with E-state index in [0.717, 1.165) is 22.4 Å². The Morgan fingerprint density at radius 3 is 2.43 bits per heavy atom. The smallest absolute Gasteiger partial charge is 0.0688 e. The molecule has 0 aliphatic heterocycles. The van der Waals surface area contributed by atoms with E-state index in [9.17, 15) is 0 Å². The summed E-state index contributed by atoms with van der Waals surface area (Å²) in [4.78, 5) is 0. The van der Waals surface area contributed by atoms with E-state index in [1.54, 1.807) is 10.9 Å². The average molecular weight is 318 g/mol. The minimum Gasteiger partial charge on any atom is -0.398 e. The van der Waals surface area contributed by atoms with Crippen LogP contribution in [-0.2, 0) is 6.54 Å². The lowest BCUT2D eigenvalue weighted by Crippen LogP contribution is -2.01. The van der Waals surface area contributed by atoms with Crippen LogP contribution in [0.15, 0.2) is 54.9 Å². The van der Waals surface area contributed by atoms with E-state index in [1.807, 2.05) is 48.7 Å². The SMILES string of the molecule is Nc1ccccc1-c1cnn(Cc2c(Cl)cccc2Cl)c1. The molecule has 0 radical (unpaired) electrons. The number of anilines is 1. The Labute approximate surface area is 132 Å². The number of hydrogen-bond acceptors (Lipinski definition) is 2. The van der Waals surface area contributed by atoms with Gasteiger partial charge in [0.2, 0.25) is 0 Å². The van der Waals surface area contributed by atoms with Crippen molar-refractivity contribution in [3.8, 4) is 11.1 Å². The average Bonchev–Trinajstić information content (AvgIpc) is 2.92. The maximum Gasteiger partial charge on any atom is 0.0688 e. The van der Waals surface area contributed by atoms with E-state index in [-0.39, 0.29) is 0 Å². The molecule has 0 saturated carbocycles. The Balaban J connectivity index is 1.91. The number of rotatable bonds is 3. The van der Waals surface area contributed by atoms with Gasteiger partial charge in [-0.05, 0) is 18.2 Å². The van der Waals surface area contributed by atoms with Crippen molar-refractivity contribution >= 4 is 28.9 Å². The monoisotopic (exact) mass is 317 g/mol. The second-order valence-electron chi connectivity index (χ2n) is 4.71. The molecule has 1 heterocycles. The molecule has 0 spiro atoms. The van der Waals surface area contributed by atoms with Gasteiger partial charge in [0.05, 0.1) is 12.7 Å². The number of nitrogen functional groups attached to an aromatic ring is 1. The van der Waals surface area contributed by atoms with Gasteiger partial charge in [-0.15, -0.1) is 0 Å². The molecule has 0 fully saturated rings. The summed E-state index contributed by atoms with van der Waals surface area (Å²) >= 11 is 12.4. The first-order valence-electron chi connectivity index (χ1n) is 6.45. The van der Waals surface area contributed by atoms with Gasteiger partial charge < -0.3 is 5.73 Å². The molecule has 3 nitrogen and oxygen atoms in total. The number of hydrogen-bond donors (Lipinski definition) is 1. The van der Waals surface area contributed by atoms with E-state index in [1.165, 1.54) is 0 Å². The number of benzene rings is 2. The van der Waals surface area contributed by atoms with Crippen LogP contribution in [0, 0.1) is 0 Å². The van der Waals surface area contributed by atoms with Gasteiger partial charge in [-0.25, -0.2) is 0 Å². The van der Waals surface area contributed by atoms with Gasteiger partial charge >= 0.3 is 0 Å². The van der Waals surface area contributed by atoms with Crippen LogP contribution in [0.2, 0.25) is 10.0 Å². The van der Waals surface area contributed by atoms with E-state index >= 15 is 0 Å². The Morgan fingerprint density at radius 1 is 1.00 bits per heavy atom. The van der Waals surface area contributed by atoms with Crippen molar-refractivity contribution in [3.63, 3.8) is 0 Å². The molecule has 21 heavy (non-hydrogen) atoms. The van der Waals surface area contributed by atoms with Crippen LogP contribution in [-0.4, -0.2) is 9.78 Å². The van der Waals surface area contributed by atoms with Gasteiger partial charge in [0, 0.05) is 38.6 Å². The highest BCUT2D eigenvalue weighted by Crippen LogP contribution is 2.27. The van der Waals surface area contributed by atoms with E-state index in [2.05, 4.69) is 5.10 Å². The van der Waals surface area contributed by atoms with Crippen LogP contribution in [0.1, 0.15) is 5.56 Å². The Hall–Kier alpha value is -1.97. The lowest BCUT2D eigenvalue weighted by atomic mass is 10.1. The highest BCUT2D eigenvalue weighted by atomic mass is 35.5. The topological polar surface area (TPSA) is 43.8 Å². The Morgan fingerprint density at radius 2 is 1.71 bits per heavy atom. The highest BCUT2D eigenvalue weighted by molar-refractivity contribution is 6.35. The molecule has 0 bridgehead atoms. The molecular weight excluding hydrogens is 305 g/mol. The fourth-order valence-corrected chi connectivity index (χ4v) is 2.71. The van der Waals surface area contributed by atoms with Gasteiger partial charge in [0.1, 0.15) is 0 Å². The minimum absolute atomic E-state index is 0.519. The predicted molar refractivity (Wildman–Crippen MR) is 87.6 cm³/mol. The third-order valence-electron chi connectivity index (χ3n) is 3.29. The molecule has 2 N–H and O–H groups in total. The third-order valence-corrected chi connectivity index (χ3v) is 4.00. The van der Waals surface area contributed by atoms with Crippen molar-refractivity contribution in [2.45, 2.75) is 6.54 Å². The zero-order chi connectivity index (χ0) is 14.8. The molecule has 0 unspecified atom stereocenters. The summed E-state index contributed by atoms with van der Waals surface area (Å²) in [6.45, 7) is 0.519. The van der Waals surface area contributed by atoms with Crippen molar-refractivity contribution in [3.05, 3.63) is 70.5 Å². The van der Waals surface area contributed by atoms with Crippen molar-refractivity contribution in [2.75, 3.05) is 5.73 Å². The lowest BCUT2D eigenvalue weighted by molar-refractivity contribution is 0.687. The van der Waals surface area contributed by atoms with Gasteiger partial charge in [-0.1, -0.05) is 47.5 Å². The van der Waals surface area contributed by atoms with Crippen LogP contribution in [0.5, 0.6) is 0 Å². The number of aromatic nitrogens is 2. The molecule has 106 valence electrons. The molecule has 3 rings (SSSR count). The first kappa shape index (κ1) is 14.0. The summed E-state index contributed by atoms with van der Waals surface area (Å²) in [7, 11) is 0. The largest absolute Gasteiger partial charge is 0.398 e. The van der Waals surface area contributed by atoms with E-state index in [4.69, 9.17) is 28.9 Å². The van der Waals surface area contributed by atoms with Crippen molar-refractivity contribution in [1.82, 2.24) is 9.78 Å². The number of nitrogens with two attached hydrogens (primary N) is 1. The standard InChI is InChI=1S/C16H13Cl2N3/c17-14-5-3-6-15(18)13(14)10-21-9-11(8-20-21)12-4-1-2-7-16(12)19/h1-9H,10,19H2. The van der Waals surface area contributed by atoms with Crippen molar-refractivity contribution < 1.29 is 0 Å². The summed E-state index contributed by atoms with van der Waals surface area (Å²) in [5.41, 5.74) is 9.51. The molecule has 1 aromatic heterocycles. The lowest BCUT2D eigenvalue weighted by Gasteiger charge is -2.07. The van der Waals surface area contributed by atoms with Crippen LogP contribution in [0.3, 0.4) is 0 Å². The third kappa shape index (κ3) is 2.89. The number of nitrogens with zero attached hydrogens (tertiary/aromatic N) is 2. The molecule has 0 saturated heterocycles. The van der Waals surface area contributed by atoms with Crippen LogP contribution in [0.25, 0.3) is 11.1 Å². The first-order chi connectivity index (χ1) is 10.1. The zero-order valence-electron chi connectivity index (χ0n) is 11.1. The van der Waals surface area contributed by atoms with Crippen LogP contribution < -0.4 is 5.73 Å². The molecule has 0 aliphatic rings. The fourth-order valence-electron chi connectivity index (χ4n) is 2.19. The molecule has 5 heteroatoms. The summed E-state index contributed by atoms with van der Waals surface area (Å²) in [5.74, 6) is 0. The number of para-hydroxylation sites is 1. The zero-order valence-corrected chi connectivity index (χ0v) is 12.6. The second-order valence-corrected chi connectivity index (χ2v) is 5.53. The summed E-state index contributed by atoms with van der Waals surface area (Å²) in [6, 6.07) is 13.2. The molecule has 2 aromatic carbocycles. The van der Waals surface area contributed by atoms with Gasteiger partial charge in [0.15, 0.2) is 0 Å².